The summed E-state index contributed by atoms with van der Waals surface area (Å²) in [5, 5.41) is 3.07. The first-order chi connectivity index (χ1) is 17.5. The number of ketones is 1. The molecule has 36 heavy (non-hydrogen) atoms. The summed E-state index contributed by atoms with van der Waals surface area (Å²) >= 11 is 0. The summed E-state index contributed by atoms with van der Waals surface area (Å²) in [5.41, 5.74) is 1.08. The van der Waals surface area contributed by atoms with Crippen molar-refractivity contribution in [2.75, 3.05) is 18.9 Å². The topological polar surface area (TPSA) is 77.1 Å². The van der Waals surface area contributed by atoms with Crippen LogP contribution in [0.1, 0.15) is 48.0 Å². The lowest BCUT2D eigenvalue weighted by Gasteiger charge is -2.36. The zero-order chi connectivity index (χ0) is 24.5. The molecule has 4 heterocycles. The molecule has 7 heteroatoms. The third-order valence-electron chi connectivity index (χ3n) is 8.68. The average Bonchev–Trinajstić information content (AvgIpc) is 3.59. The summed E-state index contributed by atoms with van der Waals surface area (Å²) in [4.78, 5) is 30.0. The van der Waals surface area contributed by atoms with Crippen molar-refractivity contribution in [3.8, 4) is 0 Å². The highest BCUT2D eigenvalue weighted by Gasteiger charge is 2.67. The summed E-state index contributed by atoms with van der Waals surface area (Å²) in [7, 11) is 1.96. The molecule has 5 unspecified atom stereocenters. The van der Waals surface area contributed by atoms with Gasteiger partial charge >= 0.3 is 0 Å². The van der Waals surface area contributed by atoms with E-state index in [0.29, 0.717) is 17.9 Å². The third kappa shape index (κ3) is 3.03. The Hall–Kier alpha value is -3.00. The summed E-state index contributed by atoms with van der Waals surface area (Å²) < 4.78 is 19.2. The number of fused-ring (bicyclic) bond motifs is 3. The fourth-order valence-corrected chi connectivity index (χ4v) is 7.16. The molecular formula is C29H30N2O5. The molecule has 0 bridgehead atoms. The van der Waals surface area contributed by atoms with Gasteiger partial charge in [-0.05, 0) is 37.6 Å². The van der Waals surface area contributed by atoms with Crippen molar-refractivity contribution in [1.82, 2.24) is 4.90 Å². The maximum absolute atomic E-state index is 14.0. The van der Waals surface area contributed by atoms with Crippen LogP contribution in [0, 0.1) is 5.92 Å². The first kappa shape index (κ1) is 22.2. The van der Waals surface area contributed by atoms with Gasteiger partial charge in [-0.3, -0.25) is 14.5 Å². The van der Waals surface area contributed by atoms with Crippen LogP contribution in [0.25, 0.3) is 0 Å². The molecule has 1 saturated carbocycles. The molecule has 0 aromatic heterocycles. The number of hydrogen-bond acceptors (Lipinski definition) is 6. The number of nitrogens with one attached hydrogen (secondary N) is 1. The van der Waals surface area contributed by atoms with Gasteiger partial charge in [0.05, 0.1) is 12.0 Å². The second-order valence-corrected chi connectivity index (χ2v) is 10.7. The molecule has 2 saturated heterocycles. The van der Waals surface area contributed by atoms with Crippen LogP contribution in [0.2, 0.25) is 0 Å². The number of para-hydroxylation sites is 1. The van der Waals surface area contributed by atoms with Gasteiger partial charge in [-0.25, -0.2) is 0 Å². The van der Waals surface area contributed by atoms with Gasteiger partial charge in [0.2, 0.25) is 12.2 Å². The van der Waals surface area contributed by atoms with Crippen molar-refractivity contribution in [2.24, 2.45) is 5.92 Å². The van der Waals surface area contributed by atoms with Crippen LogP contribution in [0.15, 0.2) is 66.4 Å². The first-order valence-corrected chi connectivity index (χ1v) is 13.0. The van der Waals surface area contributed by atoms with Crippen LogP contribution >= 0.6 is 0 Å². The Bertz CT molecular complexity index is 1250. The number of anilines is 1. The van der Waals surface area contributed by atoms with E-state index in [1.165, 1.54) is 6.42 Å². The van der Waals surface area contributed by atoms with E-state index >= 15 is 0 Å². The molecule has 4 aliphatic heterocycles. The standard InChI is InChI=1S/C29H30N2O5/c1-31-17-20(24(32)18-10-4-2-5-11-18)29(19-12-6-7-13-21(19)30-27(29)33)25(31)22-16-23-26(34-22)36-28(35-23)14-8-3-9-15-28/h2,4-7,10-13,16,20,23,25-26H,3,8-9,14-15,17H2,1H3,(H,30,33). The molecule has 0 radical (unpaired) electrons. The highest BCUT2D eigenvalue weighted by Crippen LogP contribution is 2.55. The van der Waals surface area contributed by atoms with Gasteiger partial charge < -0.3 is 19.5 Å². The Labute approximate surface area is 210 Å². The number of amides is 1. The smallest absolute Gasteiger partial charge is 0.238 e. The molecule has 5 atom stereocenters. The number of rotatable bonds is 3. The molecule has 3 fully saturated rings. The predicted octanol–water partition coefficient (Wildman–Crippen LogP) is 4.01. The van der Waals surface area contributed by atoms with Crippen LogP contribution in [-0.4, -0.2) is 54.4 Å². The lowest BCUT2D eigenvalue weighted by molar-refractivity contribution is -0.220. The fraction of sp³-hybridized carbons (Fsp3) is 0.448. The molecule has 186 valence electrons. The lowest BCUT2D eigenvalue weighted by Crippen LogP contribution is -2.52. The van der Waals surface area contributed by atoms with Gasteiger partial charge in [-0.1, -0.05) is 55.0 Å². The number of likely N-dealkylation sites (N-methyl/N-ethyl adjacent to an activating group) is 1. The highest BCUT2D eigenvalue weighted by atomic mass is 16.8. The van der Waals surface area contributed by atoms with E-state index in [0.717, 1.165) is 36.9 Å². The van der Waals surface area contributed by atoms with E-state index in [4.69, 9.17) is 14.2 Å². The molecule has 1 amide bonds. The summed E-state index contributed by atoms with van der Waals surface area (Å²) in [6.07, 6.45) is 6.29. The average molecular weight is 487 g/mol. The molecule has 2 spiro atoms. The van der Waals surface area contributed by atoms with Crippen LogP contribution in [0.5, 0.6) is 0 Å². The number of carbonyl (C=O) groups excluding carboxylic acids is 2. The second kappa shape index (κ2) is 8.00. The monoisotopic (exact) mass is 486 g/mol. The van der Waals surface area contributed by atoms with E-state index in [9.17, 15) is 9.59 Å². The lowest BCUT2D eigenvalue weighted by atomic mass is 9.66. The van der Waals surface area contributed by atoms with Crippen LogP contribution in [-0.2, 0) is 24.4 Å². The van der Waals surface area contributed by atoms with Gasteiger partial charge in [0.15, 0.2) is 11.6 Å². The number of Topliss-reactive ketones (excluding diaryl/α,β-unsaturated/α-hetero) is 1. The zero-order valence-corrected chi connectivity index (χ0v) is 20.3. The quantitative estimate of drug-likeness (QED) is 0.661. The van der Waals surface area contributed by atoms with Gasteiger partial charge in [-0.15, -0.1) is 0 Å². The number of likely N-dealkylation sites (tertiary alicyclic amines) is 1. The molecule has 2 aromatic carbocycles. The zero-order valence-electron chi connectivity index (χ0n) is 20.3. The normalized spacial score (nSPS) is 34.4. The largest absolute Gasteiger partial charge is 0.464 e. The van der Waals surface area contributed by atoms with E-state index in [-0.39, 0.29) is 17.8 Å². The molecular weight excluding hydrogens is 456 g/mol. The Morgan fingerprint density at radius 2 is 1.75 bits per heavy atom. The maximum Gasteiger partial charge on any atom is 0.238 e. The third-order valence-corrected chi connectivity index (χ3v) is 8.68. The predicted molar refractivity (Wildman–Crippen MR) is 132 cm³/mol. The molecule has 1 aliphatic carbocycles. The van der Waals surface area contributed by atoms with E-state index < -0.39 is 29.5 Å². The Kier molecular flexibility index (Phi) is 4.94. The SMILES string of the molecule is CN1CC(C(=O)c2ccccc2)C2(C(=O)Nc3ccccc32)C1C1=CC2OC3(CCCCC3)OC2O1. The highest BCUT2D eigenvalue weighted by molar-refractivity contribution is 6.13. The van der Waals surface area contributed by atoms with Gasteiger partial charge in [0.25, 0.3) is 0 Å². The number of hydrogen-bond donors (Lipinski definition) is 1. The van der Waals surface area contributed by atoms with Gasteiger partial charge in [0, 0.05) is 30.6 Å². The van der Waals surface area contributed by atoms with Gasteiger partial charge in [-0.2, -0.15) is 0 Å². The Balaban J connectivity index is 1.31. The second-order valence-electron chi connectivity index (χ2n) is 10.7. The van der Waals surface area contributed by atoms with Crippen LogP contribution in [0.4, 0.5) is 5.69 Å². The first-order valence-electron chi connectivity index (χ1n) is 13.0. The molecule has 7 nitrogen and oxygen atoms in total. The van der Waals surface area contributed by atoms with E-state index in [1.807, 2.05) is 67.7 Å². The Morgan fingerprint density at radius 1 is 1.00 bits per heavy atom. The minimum atomic E-state index is -1.12. The van der Waals surface area contributed by atoms with Crippen LogP contribution < -0.4 is 5.32 Å². The fourth-order valence-electron chi connectivity index (χ4n) is 7.16. The minimum Gasteiger partial charge on any atom is -0.464 e. The summed E-state index contributed by atoms with van der Waals surface area (Å²) in [6.45, 7) is 0.432. The van der Waals surface area contributed by atoms with Crippen molar-refractivity contribution in [2.45, 2.75) is 61.7 Å². The minimum absolute atomic E-state index is 0.0377. The number of benzene rings is 2. The van der Waals surface area contributed by atoms with Crippen LogP contribution in [0.3, 0.4) is 0 Å². The molecule has 7 rings (SSSR count). The molecule has 2 aromatic rings. The van der Waals surface area contributed by atoms with Crippen molar-refractivity contribution in [3.63, 3.8) is 0 Å². The van der Waals surface area contributed by atoms with E-state index in [2.05, 4.69) is 10.2 Å². The molecule has 1 N–H and O–H groups in total. The van der Waals surface area contributed by atoms with Crippen molar-refractivity contribution in [1.29, 1.82) is 0 Å². The summed E-state index contributed by atoms with van der Waals surface area (Å²) in [5.74, 6) is -0.690. The number of ether oxygens (including phenoxy) is 3. The van der Waals surface area contributed by atoms with E-state index in [1.54, 1.807) is 0 Å². The maximum atomic E-state index is 14.0. The summed E-state index contributed by atoms with van der Waals surface area (Å²) in [6, 6.07) is 16.5. The Morgan fingerprint density at radius 3 is 2.53 bits per heavy atom. The number of carbonyl (C=O) groups is 2. The van der Waals surface area contributed by atoms with Gasteiger partial charge in [0.1, 0.15) is 17.3 Å². The number of nitrogens with zero attached hydrogens (tertiary/aromatic N) is 1. The van der Waals surface area contributed by atoms with Crippen molar-refractivity contribution >= 4 is 17.4 Å². The van der Waals surface area contributed by atoms with Crippen molar-refractivity contribution < 1.29 is 23.8 Å². The van der Waals surface area contributed by atoms with Crippen molar-refractivity contribution in [3.05, 3.63) is 77.6 Å². The molecule has 5 aliphatic rings.